The number of hydrogen-bond donors (Lipinski definition) is 2. The van der Waals surface area contributed by atoms with Crippen molar-refractivity contribution >= 4 is 0 Å². The molecule has 0 atom stereocenters. The Morgan fingerprint density at radius 3 is 2.21 bits per heavy atom. The largest absolute Gasteiger partial charge is 0.384 e. The lowest BCUT2D eigenvalue weighted by Gasteiger charge is -2.38. The van der Waals surface area contributed by atoms with Gasteiger partial charge in [0.05, 0.1) is 6.61 Å². The first-order valence-electron chi connectivity index (χ1n) is 8.15. The van der Waals surface area contributed by atoms with Gasteiger partial charge < -0.3 is 15.4 Å². The van der Waals surface area contributed by atoms with Crippen molar-refractivity contribution in [3.63, 3.8) is 0 Å². The van der Waals surface area contributed by atoms with Crippen LogP contribution in [0.25, 0.3) is 0 Å². The van der Waals surface area contributed by atoms with E-state index in [1.54, 1.807) is 0 Å². The van der Waals surface area contributed by atoms with Gasteiger partial charge in [0.2, 0.25) is 0 Å². The van der Waals surface area contributed by atoms with Crippen molar-refractivity contribution in [2.24, 2.45) is 10.8 Å². The molecule has 0 unspecified atom stereocenters. The maximum Gasteiger partial charge on any atom is 0.0531 e. The molecular weight excluding hydrogens is 236 g/mol. The molecule has 0 spiro atoms. The van der Waals surface area contributed by atoms with Crippen molar-refractivity contribution in [1.82, 2.24) is 10.6 Å². The Kier molecular flexibility index (Phi) is 5.67. The highest BCUT2D eigenvalue weighted by atomic mass is 16.5. The van der Waals surface area contributed by atoms with E-state index in [1.165, 1.54) is 51.5 Å². The summed E-state index contributed by atoms with van der Waals surface area (Å²) in [6.07, 6.45) is 9.54. The SMILES string of the molecule is CCC1(CNCC2(COC)CCNCC2)CCCC1. The minimum absolute atomic E-state index is 0.369. The summed E-state index contributed by atoms with van der Waals surface area (Å²) in [6, 6.07) is 0. The Morgan fingerprint density at radius 2 is 1.63 bits per heavy atom. The Labute approximate surface area is 118 Å². The minimum Gasteiger partial charge on any atom is -0.384 e. The second-order valence-corrected chi connectivity index (χ2v) is 6.85. The van der Waals surface area contributed by atoms with Crippen LogP contribution < -0.4 is 10.6 Å². The van der Waals surface area contributed by atoms with Crippen LogP contribution in [0.2, 0.25) is 0 Å². The molecule has 3 heteroatoms. The fourth-order valence-electron chi connectivity index (χ4n) is 4.01. The lowest BCUT2D eigenvalue weighted by Crippen LogP contribution is -2.47. The first kappa shape index (κ1) is 15.3. The van der Waals surface area contributed by atoms with Gasteiger partial charge >= 0.3 is 0 Å². The van der Waals surface area contributed by atoms with E-state index in [2.05, 4.69) is 17.6 Å². The third-order valence-corrected chi connectivity index (χ3v) is 5.53. The van der Waals surface area contributed by atoms with E-state index in [0.717, 1.165) is 26.2 Å². The van der Waals surface area contributed by atoms with Gasteiger partial charge in [-0.2, -0.15) is 0 Å². The molecule has 112 valence electrons. The molecule has 0 radical (unpaired) electrons. The van der Waals surface area contributed by atoms with E-state index >= 15 is 0 Å². The van der Waals surface area contributed by atoms with Gasteiger partial charge in [-0.15, -0.1) is 0 Å². The molecule has 1 heterocycles. The van der Waals surface area contributed by atoms with Crippen LogP contribution in [0.15, 0.2) is 0 Å². The van der Waals surface area contributed by atoms with Gasteiger partial charge in [0.15, 0.2) is 0 Å². The number of hydrogen-bond acceptors (Lipinski definition) is 3. The summed E-state index contributed by atoms with van der Waals surface area (Å²) in [5.41, 5.74) is 0.967. The Hall–Kier alpha value is -0.120. The molecule has 0 aromatic heterocycles. The van der Waals surface area contributed by atoms with Gasteiger partial charge in [-0.3, -0.25) is 0 Å². The predicted molar refractivity (Wildman–Crippen MR) is 80.5 cm³/mol. The number of ether oxygens (including phenoxy) is 1. The second-order valence-electron chi connectivity index (χ2n) is 6.85. The van der Waals surface area contributed by atoms with Crippen molar-refractivity contribution in [2.75, 3.05) is 39.9 Å². The zero-order chi connectivity index (χ0) is 13.6. The summed E-state index contributed by atoms with van der Waals surface area (Å²) in [4.78, 5) is 0. The van der Waals surface area contributed by atoms with Gasteiger partial charge in [0.25, 0.3) is 0 Å². The first-order valence-corrected chi connectivity index (χ1v) is 8.15. The van der Waals surface area contributed by atoms with Gasteiger partial charge in [-0.25, -0.2) is 0 Å². The molecule has 2 aliphatic rings. The Morgan fingerprint density at radius 1 is 1.00 bits per heavy atom. The number of piperidine rings is 1. The van der Waals surface area contributed by atoms with Gasteiger partial charge in [-0.05, 0) is 50.6 Å². The molecule has 2 rings (SSSR count). The van der Waals surface area contributed by atoms with Crippen molar-refractivity contribution in [3.8, 4) is 0 Å². The van der Waals surface area contributed by atoms with Crippen LogP contribution in [0.5, 0.6) is 0 Å². The van der Waals surface area contributed by atoms with Gasteiger partial charge in [0, 0.05) is 25.6 Å². The van der Waals surface area contributed by atoms with Gasteiger partial charge in [-0.1, -0.05) is 19.8 Å². The molecule has 0 bridgehead atoms. The van der Waals surface area contributed by atoms with Gasteiger partial charge in [0.1, 0.15) is 0 Å². The molecular formula is C16H32N2O. The van der Waals surface area contributed by atoms with E-state index in [4.69, 9.17) is 4.74 Å². The number of nitrogens with one attached hydrogen (secondary N) is 2. The topological polar surface area (TPSA) is 33.3 Å². The molecule has 19 heavy (non-hydrogen) atoms. The molecule has 3 nitrogen and oxygen atoms in total. The minimum atomic E-state index is 0.369. The lowest BCUT2D eigenvalue weighted by atomic mass is 9.78. The van der Waals surface area contributed by atoms with Crippen molar-refractivity contribution in [3.05, 3.63) is 0 Å². The number of methoxy groups -OCH3 is 1. The van der Waals surface area contributed by atoms with E-state index < -0.39 is 0 Å². The highest BCUT2D eigenvalue weighted by molar-refractivity contribution is 4.90. The molecule has 0 aromatic rings. The average molecular weight is 268 g/mol. The molecule has 1 aliphatic heterocycles. The summed E-state index contributed by atoms with van der Waals surface area (Å²) in [5, 5.41) is 7.27. The third-order valence-electron chi connectivity index (χ3n) is 5.53. The third kappa shape index (κ3) is 3.93. The summed E-state index contributed by atoms with van der Waals surface area (Å²) in [5.74, 6) is 0. The van der Waals surface area contributed by atoms with Crippen LogP contribution in [-0.4, -0.2) is 39.9 Å². The Balaban J connectivity index is 1.81. The van der Waals surface area contributed by atoms with Crippen molar-refractivity contribution in [1.29, 1.82) is 0 Å². The molecule has 0 amide bonds. The summed E-state index contributed by atoms with van der Waals surface area (Å²) >= 11 is 0. The second kappa shape index (κ2) is 7.05. The fourth-order valence-corrected chi connectivity index (χ4v) is 4.01. The highest BCUT2D eigenvalue weighted by Crippen LogP contribution is 2.40. The molecule has 1 saturated heterocycles. The number of rotatable bonds is 7. The first-order chi connectivity index (χ1) is 9.24. The highest BCUT2D eigenvalue weighted by Gasteiger charge is 2.35. The molecule has 1 saturated carbocycles. The van der Waals surface area contributed by atoms with Crippen LogP contribution in [0.3, 0.4) is 0 Å². The molecule has 2 N–H and O–H groups in total. The summed E-state index contributed by atoms with van der Waals surface area (Å²) in [7, 11) is 1.84. The van der Waals surface area contributed by atoms with Crippen molar-refractivity contribution in [2.45, 2.75) is 51.9 Å². The quantitative estimate of drug-likeness (QED) is 0.744. The monoisotopic (exact) mass is 268 g/mol. The van der Waals surface area contributed by atoms with E-state index in [0.29, 0.717) is 10.8 Å². The maximum absolute atomic E-state index is 5.49. The average Bonchev–Trinajstić information content (AvgIpc) is 2.90. The fraction of sp³-hybridized carbons (Fsp3) is 1.00. The van der Waals surface area contributed by atoms with Crippen molar-refractivity contribution < 1.29 is 4.74 Å². The zero-order valence-corrected chi connectivity index (χ0v) is 12.9. The van der Waals surface area contributed by atoms with Crippen LogP contribution in [-0.2, 0) is 4.74 Å². The zero-order valence-electron chi connectivity index (χ0n) is 12.9. The van der Waals surface area contributed by atoms with E-state index in [9.17, 15) is 0 Å². The van der Waals surface area contributed by atoms with Crippen LogP contribution in [0.1, 0.15) is 51.9 Å². The summed E-state index contributed by atoms with van der Waals surface area (Å²) in [6.45, 7) is 7.89. The maximum atomic E-state index is 5.49. The molecule has 1 aliphatic carbocycles. The van der Waals surface area contributed by atoms with Crippen LogP contribution in [0, 0.1) is 10.8 Å². The van der Waals surface area contributed by atoms with Crippen LogP contribution >= 0.6 is 0 Å². The standard InChI is InChI=1S/C16H32N2O/c1-3-15(6-4-5-7-15)12-18-13-16(14-19-2)8-10-17-11-9-16/h17-18H,3-14H2,1-2H3. The lowest BCUT2D eigenvalue weighted by molar-refractivity contribution is 0.0510. The van der Waals surface area contributed by atoms with E-state index in [1.807, 2.05) is 7.11 Å². The molecule has 0 aromatic carbocycles. The normalized spacial score (nSPS) is 25.6. The van der Waals surface area contributed by atoms with Crippen LogP contribution in [0.4, 0.5) is 0 Å². The molecule has 2 fully saturated rings. The predicted octanol–water partition coefficient (Wildman–Crippen LogP) is 2.56. The smallest absolute Gasteiger partial charge is 0.0531 e. The van der Waals surface area contributed by atoms with E-state index in [-0.39, 0.29) is 0 Å². The Bertz CT molecular complexity index is 250. The summed E-state index contributed by atoms with van der Waals surface area (Å²) < 4.78 is 5.49.